The van der Waals surface area contributed by atoms with Gasteiger partial charge in [0.1, 0.15) is 0 Å². The Morgan fingerprint density at radius 3 is 2.67 bits per heavy atom. The molecule has 0 bridgehead atoms. The number of ether oxygens (including phenoxy) is 1. The van der Waals surface area contributed by atoms with E-state index in [9.17, 15) is 19.5 Å². The van der Waals surface area contributed by atoms with Gasteiger partial charge in [-0.1, -0.05) is 31.2 Å². The van der Waals surface area contributed by atoms with E-state index in [0.29, 0.717) is 55.5 Å². The lowest BCUT2D eigenvalue weighted by Crippen LogP contribution is -2.59. The maximum absolute atomic E-state index is 12.3. The number of hydrogen-bond acceptors (Lipinski definition) is 6. The first-order valence-electron chi connectivity index (χ1n) is 12.8. The molecule has 0 aromatic rings. The molecule has 5 rings (SSSR count). The predicted octanol–water partition coefficient (Wildman–Crippen LogP) is 4.71. The second-order valence-electron chi connectivity index (χ2n) is 11.9. The molecule has 1 N–H and O–H groups in total. The van der Waals surface area contributed by atoms with E-state index in [1.165, 1.54) is 24.3 Å². The van der Waals surface area contributed by atoms with Crippen molar-refractivity contribution in [3.05, 3.63) is 11.6 Å². The topological polar surface area (TPSA) is 80.7 Å². The van der Waals surface area contributed by atoms with Gasteiger partial charge in [0.25, 0.3) is 0 Å². The third-order valence-electron chi connectivity index (χ3n) is 10.4. The Kier molecular flexibility index (Phi) is 5.68. The van der Waals surface area contributed by atoms with Crippen LogP contribution in [0.2, 0.25) is 0 Å². The highest BCUT2D eigenvalue weighted by Gasteiger charge is 2.76. The summed E-state index contributed by atoms with van der Waals surface area (Å²) in [6.45, 7) is 8.13. The Bertz CT molecular complexity index is 912. The Labute approximate surface area is 201 Å². The summed E-state index contributed by atoms with van der Waals surface area (Å²) < 4.78 is 5.17. The van der Waals surface area contributed by atoms with Crippen LogP contribution in [0.3, 0.4) is 0 Å². The standard InChI is InChI=1S/C27H38O5S/c1-15(28)32-11-5-8-27(31)21-14-19(21)24-23-20(7-10-26(24,27)4)25(3)9-6-18(30)12-17(25)13-22(23)33-16(2)29/h12,19-24,31H,5-11,13-14H2,1-4H3/t19-,20-,21+,22+,23-,24-,25-,26-,27-/m0/s1. The molecule has 0 saturated heterocycles. The van der Waals surface area contributed by atoms with Gasteiger partial charge in [0.05, 0.1) is 12.2 Å². The van der Waals surface area contributed by atoms with E-state index in [4.69, 9.17) is 4.74 Å². The molecule has 5 aliphatic carbocycles. The number of carbonyl (C=O) groups is 3. The third-order valence-corrected chi connectivity index (χ3v) is 11.6. The van der Waals surface area contributed by atoms with Gasteiger partial charge in [0.15, 0.2) is 10.9 Å². The number of allylic oxidation sites excluding steroid dienone is 1. The molecule has 33 heavy (non-hydrogen) atoms. The highest BCUT2D eigenvalue weighted by Crippen LogP contribution is 2.78. The third kappa shape index (κ3) is 3.49. The smallest absolute Gasteiger partial charge is 0.302 e. The zero-order valence-corrected chi connectivity index (χ0v) is 21.2. The highest BCUT2D eigenvalue weighted by molar-refractivity contribution is 8.14. The minimum Gasteiger partial charge on any atom is -0.466 e. The number of carbonyl (C=O) groups excluding carboxylic acids is 3. The molecule has 0 spiro atoms. The van der Waals surface area contributed by atoms with Crippen LogP contribution in [-0.2, 0) is 19.1 Å². The van der Waals surface area contributed by atoms with Gasteiger partial charge < -0.3 is 9.84 Å². The average molecular weight is 475 g/mol. The molecule has 4 fully saturated rings. The van der Waals surface area contributed by atoms with Gasteiger partial charge in [-0.2, -0.15) is 0 Å². The van der Waals surface area contributed by atoms with Crippen molar-refractivity contribution in [2.75, 3.05) is 6.61 Å². The summed E-state index contributed by atoms with van der Waals surface area (Å²) >= 11 is 1.48. The van der Waals surface area contributed by atoms with Crippen molar-refractivity contribution in [3.8, 4) is 0 Å². The van der Waals surface area contributed by atoms with E-state index in [-0.39, 0.29) is 32.9 Å². The van der Waals surface area contributed by atoms with Crippen LogP contribution >= 0.6 is 11.8 Å². The first kappa shape index (κ1) is 23.6. The molecule has 0 aromatic heterocycles. The second-order valence-corrected chi connectivity index (χ2v) is 13.4. The summed E-state index contributed by atoms with van der Waals surface area (Å²) in [6.07, 6.45) is 8.74. The van der Waals surface area contributed by atoms with Gasteiger partial charge in [-0.05, 0) is 86.0 Å². The van der Waals surface area contributed by atoms with Crippen LogP contribution in [0.15, 0.2) is 11.6 Å². The number of thioether (sulfide) groups is 1. The van der Waals surface area contributed by atoms with Crippen LogP contribution in [0, 0.1) is 40.4 Å². The second kappa shape index (κ2) is 7.94. The largest absolute Gasteiger partial charge is 0.466 e. The highest BCUT2D eigenvalue weighted by atomic mass is 32.2. The van der Waals surface area contributed by atoms with E-state index in [2.05, 4.69) is 13.8 Å². The van der Waals surface area contributed by atoms with Crippen molar-refractivity contribution >= 4 is 28.6 Å². The van der Waals surface area contributed by atoms with Gasteiger partial charge in [-0.25, -0.2) is 0 Å². The van der Waals surface area contributed by atoms with E-state index in [1.807, 2.05) is 6.08 Å². The molecule has 0 aromatic carbocycles. The predicted molar refractivity (Wildman–Crippen MR) is 127 cm³/mol. The molecular formula is C27H38O5S. The molecule has 0 aliphatic heterocycles. The zero-order valence-electron chi connectivity index (χ0n) is 20.4. The Morgan fingerprint density at radius 1 is 1.21 bits per heavy atom. The summed E-state index contributed by atoms with van der Waals surface area (Å²) in [5.41, 5.74) is 0.409. The van der Waals surface area contributed by atoms with Gasteiger partial charge >= 0.3 is 5.97 Å². The summed E-state index contributed by atoms with van der Waals surface area (Å²) in [4.78, 5) is 35.8. The lowest BCUT2D eigenvalue weighted by atomic mass is 9.45. The van der Waals surface area contributed by atoms with Crippen LogP contribution in [-0.4, -0.2) is 39.4 Å². The monoisotopic (exact) mass is 474 g/mol. The van der Waals surface area contributed by atoms with Crippen LogP contribution < -0.4 is 0 Å². The number of fused-ring (bicyclic) bond motifs is 7. The van der Waals surface area contributed by atoms with E-state index in [0.717, 1.165) is 32.1 Å². The first-order chi connectivity index (χ1) is 15.5. The maximum atomic E-state index is 12.3. The quantitative estimate of drug-likeness (QED) is 0.459. The summed E-state index contributed by atoms with van der Waals surface area (Å²) in [5.74, 6) is 2.08. The molecule has 4 saturated carbocycles. The van der Waals surface area contributed by atoms with Gasteiger partial charge in [0.2, 0.25) is 0 Å². The Morgan fingerprint density at radius 2 is 1.97 bits per heavy atom. The fraction of sp³-hybridized carbons (Fsp3) is 0.815. The number of rotatable bonds is 5. The lowest BCUT2D eigenvalue weighted by Gasteiger charge is -2.62. The average Bonchev–Trinajstić information content (AvgIpc) is 3.49. The van der Waals surface area contributed by atoms with E-state index >= 15 is 0 Å². The fourth-order valence-electron chi connectivity index (χ4n) is 8.98. The molecule has 0 radical (unpaired) electrons. The molecule has 6 heteroatoms. The normalized spacial score (nSPS) is 47.5. The van der Waals surface area contributed by atoms with E-state index < -0.39 is 5.60 Å². The molecule has 0 heterocycles. The first-order valence-corrected chi connectivity index (χ1v) is 13.7. The molecule has 5 nitrogen and oxygen atoms in total. The van der Waals surface area contributed by atoms with Crippen molar-refractivity contribution < 1.29 is 24.2 Å². The minimum absolute atomic E-state index is 0.0359. The Balaban J connectivity index is 1.47. The number of hydrogen-bond donors (Lipinski definition) is 1. The molecule has 0 unspecified atom stereocenters. The van der Waals surface area contributed by atoms with Gasteiger partial charge in [-0.3, -0.25) is 14.4 Å². The van der Waals surface area contributed by atoms with Crippen molar-refractivity contribution in [3.63, 3.8) is 0 Å². The maximum Gasteiger partial charge on any atom is 0.302 e. The minimum atomic E-state index is -0.724. The summed E-state index contributed by atoms with van der Waals surface area (Å²) in [5, 5.41) is 12.5. The van der Waals surface area contributed by atoms with Crippen molar-refractivity contribution in [2.24, 2.45) is 40.4 Å². The van der Waals surface area contributed by atoms with Crippen molar-refractivity contribution in [1.29, 1.82) is 0 Å². The van der Waals surface area contributed by atoms with Gasteiger partial charge in [0, 0.05) is 30.9 Å². The molecule has 0 amide bonds. The molecule has 182 valence electrons. The van der Waals surface area contributed by atoms with Crippen LogP contribution in [0.1, 0.15) is 79.1 Å². The number of aliphatic hydroxyl groups is 1. The summed E-state index contributed by atoms with van der Waals surface area (Å²) in [7, 11) is 0. The molecule has 9 atom stereocenters. The van der Waals surface area contributed by atoms with Crippen molar-refractivity contribution in [1.82, 2.24) is 0 Å². The lowest BCUT2D eigenvalue weighted by molar-refractivity contribution is -0.154. The molecule has 5 aliphatic rings. The fourth-order valence-corrected chi connectivity index (χ4v) is 10.2. The van der Waals surface area contributed by atoms with Crippen LogP contribution in [0.4, 0.5) is 0 Å². The van der Waals surface area contributed by atoms with Crippen LogP contribution in [0.5, 0.6) is 0 Å². The van der Waals surface area contributed by atoms with Crippen molar-refractivity contribution in [2.45, 2.75) is 89.9 Å². The number of ketones is 1. The Hall–Kier alpha value is -1.14. The zero-order chi connectivity index (χ0) is 23.8. The van der Waals surface area contributed by atoms with E-state index in [1.54, 1.807) is 6.92 Å². The van der Waals surface area contributed by atoms with Gasteiger partial charge in [-0.15, -0.1) is 0 Å². The molecular weight excluding hydrogens is 436 g/mol. The summed E-state index contributed by atoms with van der Waals surface area (Å²) in [6, 6.07) is 0. The SMILES string of the molecule is CC(=O)OCCC[C@]1(O)[C@@H]2C[C@@H]2[C@H]2[C@@H]3[C@H](SC(C)=O)CC4=CC(=O)CC[C@]4(C)[C@H]3CC[C@@]21C. The number of esters is 1. The van der Waals surface area contributed by atoms with Crippen LogP contribution in [0.25, 0.3) is 0 Å².